The molecule has 0 amide bonds. The molecular formula is C27H23BrN4. The Bertz CT molecular complexity index is 1130. The van der Waals surface area contributed by atoms with Crippen LogP contribution in [0.1, 0.15) is 22.3 Å². The first kappa shape index (κ1) is 20.5. The third kappa shape index (κ3) is 3.40. The lowest BCUT2D eigenvalue weighted by Gasteiger charge is -2.44. The summed E-state index contributed by atoms with van der Waals surface area (Å²) < 4.78 is 0.990. The van der Waals surface area contributed by atoms with Gasteiger partial charge in [0.2, 0.25) is 0 Å². The average Bonchev–Trinajstić information content (AvgIpc) is 3.23. The van der Waals surface area contributed by atoms with E-state index in [0.717, 1.165) is 32.6 Å². The summed E-state index contributed by atoms with van der Waals surface area (Å²) in [4.78, 5) is 0. The number of hydrogen-bond donors (Lipinski definition) is 1. The zero-order valence-corrected chi connectivity index (χ0v) is 19.3. The van der Waals surface area contributed by atoms with E-state index >= 15 is 0 Å². The molecule has 0 aliphatic carbocycles. The highest BCUT2D eigenvalue weighted by Gasteiger charge is 2.47. The van der Waals surface area contributed by atoms with Crippen molar-refractivity contribution < 1.29 is 0 Å². The summed E-state index contributed by atoms with van der Waals surface area (Å²) in [7, 11) is 1.92. The minimum Gasteiger partial charge on any atom is -0.251 e. The minimum absolute atomic E-state index is 0.664. The van der Waals surface area contributed by atoms with E-state index in [9.17, 15) is 0 Å². The van der Waals surface area contributed by atoms with Crippen LogP contribution in [0.4, 0.5) is 0 Å². The topological polar surface area (TPSA) is 30.9 Å². The van der Waals surface area contributed by atoms with Gasteiger partial charge in [-0.05, 0) is 22.8 Å². The van der Waals surface area contributed by atoms with Gasteiger partial charge in [0.25, 0.3) is 0 Å². The highest BCUT2D eigenvalue weighted by molar-refractivity contribution is 9.10. The lowest BCUT2D eigenvalue weighted by molar-refractivity contribution is 0.0867. The van der Waals surface area contributed by atoms with Crippen molar-refractivity contribution in [1.82, 2.24) is 15.7 Å². The summed E-state index contributed by atoms with van der Waals surface area (Å²) in [6.07, 6.45) is 0. The zero-order valence-electron chi connectivity index (χ0n) is 17.7. The Hall–Kier alpha value is -3.41. The average molecular weight is 483 g/mol. The molecule has 0 unspecified atom stereocenters. The fraction of sp³-hybridized carbons (Fsp3) is 0.0741. The molecule has 5 rings (SSSR count). The zero-order chi connectivity index (χ0) is 22.0. The molecule has 0 aromatic heterocycles. The molecule has 32 heavy (non-hydrogen) atoms. The first-order chi connectivity index (χ1) is 15.7. The molecule has 0 saturated carbocycles. The van der Waals surface area contributed by atoms with Gasteiger partial charge in [-0.2, -0.15) is 0 Å². The van der Waals surface area contributed by atoms with E-state index in [-0.39, 0.29) is 0 Å². The lowest BCUT2D eigenvalue weighted by atomic mass is 9.76. The molecule has 0 radical (unpaired) electrons. The van der Waals surface area contributed by atoms with E-state index in [1.807, 2.05) is 25.2 Å². The summed E-state index contributed by atoms with van der Waals surface area (Å²) in [6, 6.07) is 39.9. The predicted octanol–water partition coefficient (Wildman–Crippen LogP) is 5.77. The van der Waals surface area contributed by atoms with Crippen LogP contribution in [0.5, 0.6) is 0 Å². The number of nitrogens with one attached hydrogen (secondary N) is 1. The van der Waals surface area contributed by atoms with E-state index in [0.29, 0.717) is 0 Å². The number of hydrazone groups is 1. The summed E-state index contributed by atoms with van der Waals surface area (Å²) in [5, 5.41) is 8.81. The third-order valence-electron chi connectivity index (χ3n) is 5.73. The molecule has 0 saturated heterocycles. The van der Waals surface area contributed by atoms with Crippen LogP contribution < -0.4 is 5.53 Å². The van der Waals surface area contributed by atoms with Crippen LogP contribution in [0.3, 0.4) is 0 Å². The molecule has 1 aliphatic rings. The minimum atomic E-state index is -0.664. The van der Waals surface area contributed by atoms with Crippen molar-refractivity contribution in [1.29, 1.82) is 0 Å². The van der Waals surface area contributed by atoms with Crippen molar-refractivity contribution in [2.45, 2.75) is 5.54 Å². The van der Waals surface area contributed by atoms with Gasteiger partial charge in [0, 0.05) is 17.1 Å². The van der Waals surface area contributed by atoms with Crippen LogP contribution in [0, 0.1) is 0 Å². The highest BCUT2D eigenvalue weighted by Crippen LogP contribution is 2.43. The molecule has 4 aromatic carbocycles. The number of hydrazine groups is 2. The van der Waals surface area contributed by atoms with Crippen LogP contribution in [0.2, 0.25) is 0 Å². The van der Waals surface area contributed by atoms with Gasteiger partial charge in [-0.3, -0.25) is 5.01 Å². The molecule has 1 heterocycles. The van der Waals surface area contributed by atoms with Gasteiger partial charge in [0.1, 0.15) is 5.54 Å². The van der Waals surface area contributed by atoms with Gasteiger partial charge in [-0.15, -0.1) is 10.6 Å². The maximum Gasteiger partial charge on any atom is 0.175 e. The van der Waals surface area contributed by atoms with Crippen LogP contribution in [-0.4, -0.2) is 23.0 Å². The second-order valence-corrected chi connectivity index (χ2v) is 8.53. The lowest BCUT2D eigenvalue weighted by Crippen LogP contribution is -2.56. The van der Waals surface area contributed by atoms with Gasteiger partial charge in [-0.25, -0.2) is 5.12 Å². The van der Waals surface area contributed by atoms with E-state index < -0.39 is 5.54 Å². The van der Waals surface area contributed by atoms with E-state index in [4.69, 9.17) is 5.10 Å². The largest absolute Gasteiger partial charge is 0.251 e. The van der Waals surface area contributed by atoms with Gasteiger partial charge < -0.3 is 0 Å². The first-order valence-electron chi connectivity index (χ1n) is 10.5. The molecule has 0 atom stereocenters. The number of benzene rings is 4. The Morgan fingerprint density at radius 2 is 1.09 bits per heavy atom. The standard InChI is InChI=1S/C27H23BrN4/c1-31-29-26(24-19-11-12-20-25(24)28)32(30-31)27(21-13-5-2-6-14-21,22-15-7-3-8-16-22)23-17-9-4-10-18-23/h2-20,30H,1H3. The van der Waals surface area contributed by atoms with Crippen LogP contribution >= 0.6 is 15.9 Å². The summed E-state index contributed by atoms with van der Waals surface area (Å²) in [6.45, 7) is 0. The smallest absolute Gasteiger partial charge is 0.175 e. The van der Waals surface area contributed by atoms with Gasteiger partial charge >= 0.3 is 0 Å². The number of rotatable bonds is 5. The molecule has 0 bridgehead atoms. The second kappa shape index (κ2) is 8.61. The Morgan fingerprint density at radius 3 is 1.56 bits per heavy atom. The van der Waals surface area contributed by atoms with Crippen molar-refractivity contribution in [3.05, 3.63) is 142 Å². The quantitative estimate of drug-likeness (QED) is 0.366. The molecule has 158 valence electrons. The van der Waals surface area contributed by atoms with Crippen LogP contribution in [0.15, 0.2) is 125 Å². The second-order valence-electron chi connectivity index (χ2n) is 7.67. The Labute approximate surface area is 196 Å². The predicted molar refractivity (Wildman–Crippen MR) is 133 cm³/mol. The maximum absolute atomic E-state index is 4.88. The highest BCUT2D eigenvalue weighted by atomic mass is 79.9. The molecule has 0 fully saturated rings. The Morgan fingerprint density at radius 1 is 0.656 bits per heavy atom. The third-order valence-corrected chi connectivity index (χ3v) is 6.42. The molecule has 4 nitrogen and oxygen atoms in total. The number of halogens is 1. The van der Waals surface area contributed by atoms with Crippen molar-refractivity contribution in [3.63, 3.8) is 0 Å². The van der Waals surface area contributed by atoms with Crippen molar-refractivity contribution in [3.8, 4) is 0 Å². The van der Waals surface area contributed by atoms with Gasteiger partial charge in [-0.1, -0.05) is 125 Å². The molecular weight excluding hydrogens is 460 g/mol. The molecule has 4 aromatic rings. The molecule has 0 spiro atoms. The first-order valence-corrected chi connectivity index (χ1v) is 11.3. The van der Waals surface area contributed by atoms with E-state index in [2.05, 4.69) is 124 Å². The Kier molecular flexibility index (Phi) is 5.52. The number of amidine groups is 1. The number of hydrogen-bond acceptors (Lipinski definition) is 4. The van der Waals surface area contributed by atoms with Gasteiger partial charge in [0.15, 0.2) is 5.84 Å². The van der Waals surface area contributed by atoms with Gasteiger partial charge in [0.05, 0.1) is 0 Å². The SMILES string of the molecule is CN1N=C(c2ccccc2Br)N(C(c2ccccc2)(c2ccccc2)c2ccccc2)N1. The monoisotopic (exact) mass is 482 g/mol. The van der Waals surface area contributed by atoms with Crippen molar-refractivity contribution in [2.24, 2.45) is 5.10 Å². The summed E-state index contributed by atoms with van der Waals surface area (Å²) in [5.41, 5.74) is 7.27. The van der Waals surface area contributed by atoms with Crippen LogP contribution in [-0.2, 0) is 5.54 Å². The molecule has 5 heteroatoms. The fourth-order valence-corrected chi connectivity index (χ4v) is 4.84. The summed E-state index contributed by atoms with van der Waals surface area (Å²) >= 11 is 3.74. The Balaban J connectivity index is 1.85. The normalized spacial score (nSPS) is 13.9. The van der Waals surface area contributed by atoms with E-state index in [1.54, 1.807) is 5.12 Å². The number of nitrogens with zero attached hydrogens (tertiary/aromatic N) is 3. The van der Waals surface area contributed by atoms with E-state index in [1.165, 1.54) is 0 Å². The fourth-order valence-electron chi connectivity index (χ4n) is 4.38. The van der Waals surface area contributed by atoms with Crippen LogP contribution in [0.25, 0.3) is 0 Å². The van der Waals surface area contributed by atoms with Crippen molar-refractivity contribution >= 4 is 21.8 Å². The molecule has 1 aliphatic heterocycles. The maximum atomic E-state index is 4.88. The summed E-state index contributed by atoms with van der Waals surface area (Å²) in [5.74, 6) is 0.830. The van der Waals surface area contributed by atoms with Crippen molar-refractivity contribution in [2.75, 3.05) is 7.05 Å². The molecule has 1 N–H and O–H groups in total.